The maximum atomic E-state index is 10.8. The first-order valence-corrected chi connectivity index (χ1v) is 6.16. The summed E-state index contributed by atoms with van der Waals surface area (Å²) in [5.74, 6) is 0.972. The molecule has 2 aliphatic rings. The Labute approximate surface area is 101 Å². The van der Waals surface area contributed by atoms with E-state index in [2.05, 4.69) is 11.9 Å². The second-order valence-electron chi connectivity index (χ2n) is 5.25. The molecule has 1 fully saturated rings. The van der Waals surface area contributed by atoms with Gasteiger partial charge in [0.15, 0.2) is 0 Å². The van der Waals surface area contributed by atoms with E-state index in [4.69, 9.17) is 4.74 Å². The normalized spacial score (nSPS) is 22.2. The lowest BCUT2D eigenvalue weighted by Crippen LogP contribution is -2.45. The van der Waals surface area contributed by atoms with Crippen LogP contribution in [-0.2, 0) is 6.42 Å². The molecular formula is C14H17NO2. The standard InChI is InChI=1S/C14H17NO2/c1-15-6-4-14(5-7-15)9-12-8-11(10-16)2-3-13(12)17-14/h2-3,8,10H,4-7,9H2,1H3. The number of piperidine rings is 1. The molecule has 0 bridgehead atoms. The molecule has 1 saturated heterocycles. The summed E-state index contributed by atoms with van der Waals surface area (Å²) in [6, 6.07) is 5.74. The first-order chi connectivity index (χ1) is 8.21. The Bertz CT molecular complexity index is 448. The molecule has 0 atom stereocenters. The van der Waals surface area contributed by atoms with Crippen LogP contribution >= 0.6 is 0 Å². The van der Waals surface area contributed by atoms with E-state index in [0.29, 0.717) is 0 Å². The first-order valence-electron chi connectivity index (χ1n) is 6.16. The fraction of sp³-hybridized carbons (Fsp3) is 0.500. The van der Waals surface area contributed by atoms with Gasteiger partial charge in [0.2, 0.25) is 0 Å². The Hall–Kier alpha value is -1.35. The summed E-state index contributed by atoms with van der Waals surface area (Å²) in [7, 11) is 2.15. The van der Waals surface area contributed by atoms with Gasteiger partial charge in [0, 0.05) is 37.9 Å². The van der Waals surface area contributed by atoms with Crippen molar-refractivity contribution in [2.45, 2.75) is 24.9 Å². The molecule has 17 heavy (non-hydrogen) atoms. The summed E-state index contributed by atoms with van der Waals surface area (Å²) in [6.45, 7) is 2.18. The average Bonchev–Trinajstić information content (AvgIpc) is 2.70. The minimum atomic E-state index is -0.00362. The summed E-state index contributed by atoms with van der Waals surface area (Å²) in [4.78, 5) is 13.1. The SMILES string of the molecule is CN1CCC2(CC1)Cc1cc(C=O)ccc1O2. The van der Waals surface area contributed by atoms with Crippen LogP contribution in [-0.4, -0.2) is 36.9 Å². The minimum absolute atomic E-state index is 0.00362. The van der Waals surface area contributed by atoms with Gasteiger partial charge in [-0.2, -0.15) is 0 Å². The van der Waals surface area contributed by atoms with Crippen LogP contribution in [0.25, 0.3) is 0 Å². The number of fused-ring (bicyclic) bond motifs is 1. The molecule has 90 valence electrons. The third kappa shape index (κ3) is 1.84. The summed E-state index contributed by atoms with van der Waals surface area (Å²) in [5, 5.41) is 0. The molecule has 0 aromatic heterocycles. The van der Waals surface area contributed by atoms with Crippen molar-refractivity contribution < 1.29 is 9.53 Å². The molecule has 3 nitrogen and oxygen atoms in total. The van der Waals surface area contributed by atoms with Crippen molar-refractivity contribution in [3.05, 3.63) is 29.3 Å². The molecule has 0 unspecified atom stereocenters. The highest BCUT2D eigenvalue weighted by atomic mass is 16.5. The number of rotatable bonds is 1. The maximum absolute atomic E-state index is 10.8. The quantitative estimate of drug-likeness (QED) is 0.691. The number of aldehydes is 1. The van der Waals surface area contributed by atoms with E-state index in [9.17, 15) is 4.79 Å². The number of benzene rings is 1. The Morgan fingerprint density at radius 2 is 2.12 bits per heavy atom. The zero-order chi connectivity index (χ0) is 11.9. The summed E-state index contributed by atoms with van der Waals surface area (Å²) >= 11 is 0. The molecule has 3 heteroatoms. The van der Waals surface area contributed by atoms with Crippen molar-refractivity contribution in [1.82, 2.24) is 4.90 Å². The molecule has 0 aliphatic carbocycles. The van der Waals surface area contributed by atoms with Gasteiger partial charge in [-0.1, -0.05) is 0 Å². The van der Waals surface area contributed by atoms with Crippen LogP contribution in [0.5, 0.6) is 5.75 Å². The van der Waals surface area contributed by atoms with Crippen LogP contribution in [0.4, 0.5) is 0 Å². The van der Waals surface area contributed by atoms with Crippen molar-refractivity contribution >= 4 is 6.29 Å². The number of nitrogens with zero attached hydrogens (tertiary/aromatic N) is 1. The van der Waals surface area contributed by atoms with Gasteiger partial charge in [-0.15, -0.1) is 0 Å². The molecule has 0 saturated carbocycles. The van der Waals surface area contributed by atoms with E-state index in [-0.39, 0.29) is 5.60 Å². The van der Waals surface area contributed by atoms with Gasteiger partial charge < -0.3 is 9.64 Å². The average molecular weight is 231 g/mol. The van der Waals surface area contributed by atoms with Crippen molar-refractivity contribution in [1.29, 1.82) is 0 Å². The van der Waals surface area contributed by atoms with Crippen LogP contribution in [0.1, 0.15) is 28.8 Å². The number of likely N-dealkylation sites (tertiary alicyclic amines) is 1. The molecule has 0 radical (unpaired) electrons. The molecule has 1 spiro atoms. The molecule has 3 rings (SSSR count). The Morgan fingerprint density at radius 1 is 1.35 bits per heavy atom. The monoisotopic (exact) mass is 231 g/mol. The second-order valence-corrected chi connectivity index (χ2v) is 5.25. The van der Waals surface area contributed by atoms with Gasteiger partial charge in [0.25, 0.3) is 0 Å². The van der Waals surface area contributed by atoms with E-state index in [1.807, 2.05) is 18.2 Å². The van der Waals surface area contributed by atoms with Crippen molar-refractivity contribution in [2.75, 3.05) is 20.1 Å². The summed E-state index contributed by atoms with van der Waals surface area (Å²) in [6.07, 6.45) is 4.01. The topological polar surface area (TPSA) is 29.5 Å². The molecular weight excluding hydrogens is 214 g/mol. The first kappa shape index (κ1) is 10.8. The minimum Gasteiger partial charge on any atom is -0.487 e. The lowest BCUT2D eigenvalue weighted by molar-refractivity contribution is 0.0271. The summed E-state index contributed by atoms with van der Waals surface area (Å²) in [5.41, 5.74) is 1.94. The zero-order valence-electron chi connectivity index (χ0n) is 10.1. The van der Waals surface area contributed by atoms with E-state index < -0.39 is 0 Å². The highest BCUT2D eigenvalue weighted by molar-refractivity contribution is 5.75. The zero-order valence-corrected chi connectivity index (χ0v) is 10.1. The van der Waals surface area contributed by atoms with Crippen LogP contribution in [0.3, 0.4) is 0 Å². The van der Waals surface area contributed by atoms with Gasteiger partial charge >= 0.3 is 0 Å². The summed E-state index contributed by atoms with van der Waals surface area (Å²) < 4.78 is 6.14. The number of ether oxygens (including phenoxy) is 1. The molecule has 1 aromatic carbocycles. The van der Waals surface area contributed by atoms with Gasteiger partial charge in [0.05, 0.1) is 0 Å². The largest absolute Gasteiger partial charge is 0.487 e. The lowest BCUT2D eigenvalue weighted by Gasteiger charge is -2.37. The van der Waals surface area contributed by atoms with E-state index in [1.54, 1.807) is 0 Å². The number of carbonyl (C=O) groups excluding carboxylic acids is 1. The van der Waals surface area contributed by atoms with Gasteiger partial charge in [0.1, 0.15) is 17.6 Å². The number of hydrogen-bond acceptors (Lipinski definition) is 3. The fourth-order valence-electron chi connectivity index (χ4n) is 2.83. The van der Waals surface area contributed by atoms with Crippen LogP contribution < -0.4 is 4.74 Å². The predicted octanol–water partition coefficient (Wildman–Crippen LogP) is 1.90. The number of carbonyl (C=O) groups is 1. The molecule has 2 aliphatic heterocycles. The van der Waals surface area contributed by atoms with Crippen LogP contribution in [0, 0.1) is 0 Å². The van der Waals surface area contributed by atoms with Gasteiger partial charge in [-0.3, -0.25) is 4.79 Å². The smallest absolute Gasteiger partial charge is 0.150 e. The van der Waals surface area contributed by atoms with Crippen molar-refractivity contribution in [2.24, 2.45) is 0 Å². The van der Waals surface area contributed by atoms with E-state index in [1.165, 1.54) is 5.56 Å². The van der Waals surface area contributed by atoms with Gasteiger partial charge in [-0.05, 0) is 30.8 Å². The Kier molecular flexibility index (Phi) is 2.44. The molecule has 2 heterocycles. The van der Waals surface area contributed by atoms with Crippen molar-refractivity contribution in [3.8, 4) is 5.75 Å². The highest BCUT2D eigenvalue weighted by Gasteiger charge is 2.41. The fourth-order valence-corrected chi connectivity index (χ4v) is 2.83. The van der Waals surface area contributed by atoms with Gasteiger partial charge in [-0.25, -0.2) is 0 Å². The predicted molar refractivity (Wildman–Crippen MR) is 65.6 cm³/mol. The van der Waals surface area contributed by atoms with Crippen LogP contribution in [0.15, 0.2) is 18.2 Å². The van der Waals surface area contributed by atoms with E-state index in [0.717, 1.165) is 50.0 Å². The Morgan fingerprint density at radius 3 is 2.82 bits per heavy atom. The lowest BCUT2D eigenvalue weighted by atomic mass is 9.87. The third-order valence-electron chi connectivity index (χ3n) is 3.96. The Balaban J connectivity index is 1.84. The number of hydrogen-bond donors (Lipinski definition) is 0. The van der Waals surface area contributed by atoms with Crippen LogP contribution in [0.2, 0.25) is 0 Å². The second kappa shape index (κ2) is 3.84. The highest BCUT2D eigenvalue weighted by Crippen LogP contribution is 2.40. The molecule has 1 aromatic rings. The van der Waals surface area contributed by atoms with E-state index >= 15 is 0 Å². The molecule has 0 amide bonds. The molecule has 0 N–H and O–H groups in total. The van der Waals surface area contributed by atoms with Crippen molar-refractivity contribution in [3.63, 3.8) is 0 Å². The third-order valence-corrected chi connectivity index (χ3v) is 3.96. The maximum Gasteiger partial charge on any atom is 0.150 e.